The lowest BCUT2D eigenvalue weighted by Gasteiger charge is -2.18. The Labute approximate surface area is 118 Å². The lowest BCUT2D eigenvalue weighted by Crippen LogP contribution is -2.13. The van der Waals surface area contributed by atoms with Gasteiger partial charge < -0.3 is 9.64 Å². The summed E-state index contributed by atoms with van der Waals surface area (Å²) in [6.45, 7) is 2.92. The van der Waals surface area contributed by atoms with Gasteiger partial charge in [0.2, 0.25) is 0 Å². The number of ether oxygens (including phenoxy) is 1. The third-order valence-corrected chi connectivity index (χ3v) is 2.84. The van der Waals surface area contributed by atoms with Crippen molar-refractivity contribution in [1.82, 2.24) is 9.97 Å². The van der Waals surface area contributed by atoms with Crippen molar-refractivity contribution in [1.29, 1.82) is 0 Å². The van der Waals surface area contributed by atoms with Gasteiger partial charge in [-0.25, -0.2) is 9.97 Å². The van der Waals surface area contributed by atoms with E-state index in [9.17, 15) is 0 Å². The monoisotopic (exact) mass is 277 g/mol. The third kappa shape index (κ3) is 3.66. The molecular weight excluding hydrogens is 262 g/mol. The van der Waals surface area contributed by atoms with Crippen LogP contribution in [0.15, 0.2) is 36.4 Å². The molecule has 1 aromatic heterocycles. The Balaban J connectivity index is 2.26. The number of anilines is 2. The molecule has 19 heavy (non-hydrogen) atoms. The van der Waals surface area contributed by atoms with Crippen molar-refractivity contribution >= 4 is 23.1 Å². The highest BCUT2D eigenvalue weighted by atomic mass is 35.5. The minimum atomic E-state index is 0.368. The average molecular weight is 278 g/mol. The molecule has 0 bridgehead atoms. The van der Waals surface area contributed by atoms with Gasteiger partial charge >= 0.3 is 0 Å². The molecule has 0 N–H and O–H groups in total. The van der Waals surface area contributed by atoms with Crippen LogP contribution >= 0.6 is 11.6 Å². The Morgan fingerprint density at radius 2 is 1.95 bits per heavy atom. The summed E-state index contributed by atoms with van der Waals surface area (Å²) in [5.74, 6) is 1.34. The van der Waals surface area contributed by atoms with Crippen LogP contribution in [-0.4, -0.2) is 23.6 Å². The molecule has 5 heteroatoms. The first kappa shape index (κ1) is 13.8. The van der Waals surface area contributed by atoms with Gasteiger partial charge in [-0.15, -0.1) is 0 Å². The maximum atomic E-state index is 6.03. The molecule has 0 spiro atoms. The minimum absolute atomic E-state index is 0.368. The quantitative estimate of drug-likeness (QED) is 0.785. The van der Waals surface area contributed by atoms with E-state index in [1.807, 2.05) is 49.2 Å². The van der Waals surface area contributed by atoms with Crippen LogP contribution in [0, 0.1) is 0 Å². The number of hydrogen-bond acceptors (Lipinski definition) is 4. The molecule has 0 aliphatic carbocycles. The van der Waals surface area contributed by atoms with Crippen molar-refractivity contribution in [3.8, 4) is 0 Å². The summed E-state index contributed by atoms with van der Waals surface area (Å²) in [6, 6.07) is 11.7. The minimum Gasteiger partial charge on any atom is -0.374 e. The van der Waals surface area contributed by atoms with Gasteiger partial charge in [-0.1, -0.05) is 29.8 Å². The SMILES string of the molecule is CCOCc1nc(Cl)cc(N(C)c2ccccc2)n1. The summed E-state index contributed by atoms with van der Waals surface area (Å²) in [5, 5.41) is 0.419. The zero-order valence-corrected chi connectivity index (χ0v) is 11.8. The van der Waals surface area contributed by atoms with Crippen LogP contribution < -0.4 is 4.90 Å². The van der Waals surface area contributed by atoms with Crippen molar-refractivity contribution in [2.24, 2.45) is 0 Å². The summed E-state index contributed by atoms with van der Waals surface area (Å²) >= 11 is 6.03. The summed E-state index contributed by atoms with van der Waals surface area (Å²) in [4.78, 5) is 10.6. The maximum Gasteiger partial charge on any atom is 0.158 e. The van der Waals surface area contributed by atoms with Gasteiger partial charge in [0.1, 0.15) is 17.6 Å². The number of para-hydroxylation sites is 1. The molecule has 2 rings (SSSR count). The molecule has 0 atom stereocenters. The van der Waals surface area contributed by atoms with Crippen molar-refractivity contribution in [2.45, 2.75) is 13.5 Å². The van der Waals surface area contributed by atoms with Gasteiger partial charge in [0.15, 0.2) is 5.82 Å². The lowest BCUT2D eigenvalue weighted by molar-refractivity contribution is 0.128. The van der Waals surface area contributed by atoms with E-state index in [1.165, 1.54) is 0 Å². The van der Waals surface area contributed by atoms with Crippen LogP contribution in [0.2, 0.25) is 5.15 Å². The lowest BCUT2D eigenvalue weighted by atomic mass is 10.3. The summed E-state index contributed by atoms with van der Waals surface area (Å²) in [7, 11) is 1.94. The normalized spacial score (nSPS) is 10.5. The smallest absolute Gasteiger partial charge is 0.158 e. The molecule has 0 saturated heterocycles. The Bertz CT molecular complexity index is 533. The number of hydrogen-bond donors (Lipinski definition) is 0. The van der Waals surface area contributed by atoms with Gasteiger partial charge in [-0.3, -0.25) is 0 Å². The molecule has 4 nitrogen and oxygen atoms in total. The van der Waals surface area contributed by atoms with Gasteiger partial charge in [0.25, 0.3) is 0 Å². The standard InChI is InChI=1S/C14H16ClN3O/c1-3-19-10-13-16-12(15)9-14(17-13)18(2)11-7-5-4-6-8-11/h4-9H,3,10H2,1-2H3. The first-order chi connectivity index (χ1) is 9.20. The van der Waals surface area contributed by atoms with Crippen LogP contribution in [0.3, 0.4) is 0 Å². The van der Waals surface area contributed by atoms with Crippen LogP contribution in [0.5, 0.6) is 0 Å². The Hall–Kier alpha value is -1.65. The van der Waals surface area contributed by atoms with E-state index in [2.05, 4.69) is 9.97 Å². The number of halogens is 1. The Morgan fingerprint density at radius 1 is 1.21 bits per heavy atom. The van der Waals surface area contributed by atoms with Crippen LogP contribution in [0.25, 0.3) is 0 Å². The van der Waals surface area contributed by atoms with Gasteiger partial charge in [-0.05, 0) is 19.1 Å². The highest BCUT2D eigenvalue weighted by Crippen LogP contribution is 2.23. The van der Waals surface area contributed by atoms with Crippen LogP contribution in [0.4, 0.5) is 11.5 Å². The second-order valence-electron chi connectivity index (χ2n) is 4.00. The van der Waals surface area contributed by atoms with Gasteiger partial charge in [0, 0.05) is 25.4 Å². The predicted molar refractivity (Wildman–Crippen MR) is 76.9 cm³/mol. The fraction of sp³-hybridized carbons (Fsp3) is 0.286. The van der Waals surface area contributed by atoms with Gasteiger partial charge in [-0.2, -0.15) is 0 Å². The molecule has 0 radical (unpaired) electrons. The van der Waals surface area contributed by atoms with E-state index in [0.717, 1.165) is 11.5 Å². The summed E-state index contributed by atoms with van der Waals surface area (Å²) in [5.41, 5.74) is 1.04. The largest absolute Gasteiger partial charge is 0.374 e. The maximum absolute atomic E-state index is 6.03. The van der Waals surface area contributed by atoms with Gasteiger partial charge in [0.05, 0.1) is 0 Å². The Kier molecular flexibility index (Phi) is 4.71. The van der Waals surface area contributed by atoms with Crippen LogP contribution in [-0.2, 0) is 11.3 Å². The summed E-state index contributed by atoms with van der Waals surface area (Å²) in [6.07, 6.45) is 0. The van der Waals surface area contributed by atoms with E-state index >= 15 is 0 Å². The number of nitrogens with zero attached hydrogens (tertiary/aromatic N) is 3. The molecule has 100 valence electrons. The fourth-order valence-electron chi connectivity index (χ4n) is 1.67. The molecule has 0 amide bonds. The van der Waals surface area contributed by atoms with Crippen molar-refractivity contribution in [2.75, 3.05) is 18.6 Å². The average Bonchev–Trinajstić information content (AvgIpc) is 2.44. The molecule has 0 fully saturated rings. The predicted octanol–water partition coefficient (Wildman–Crippen LogP) is 3.43. The zero-order chi connectivity index (χ0) is 13.7. The second kappa shape index (κ2) is 6.50. The van der Waals surface area contributed by atoms with E-state index in [0.29, 0.717) is 24.2 Å². The van der Waals surface area contributed by atoms with E-state index in [4.69, 9.17) is 16.3 Å². The molecule has 1 heterocycles. The topological polar surface area (TPSA) is 38.2 Å². The molecular formula is C14H16ClN3O. The third-order valence-electron chi connectivity index (χ3n) is 2.65. The molecule has 0 saturated carbocycles. The highest BCUT2D eigenvalue weighted by molar-refractivity contribution is 6.29. The summed E-state index contributed by atoms with van der Waals surface area (Å²) < 4.78 is 5.31. The first-order valence-corrected chi connectivity index (χ1v) is 6.48. The molecule has 2 aromatic rings. The zero-order valence-electron chi connectivity index (χ0n) is 11.0. The first-order valence-electron chi connectivity index (χ1n) is 6.10. The Morgan fingerprint density at radius 3 is 2.63 bits per heavy atom. The molecule has 0 aliphatic rings. The van der Waals surface area contributed by atoms with E-state index in [-0.39, 0.29) is 0 Å². The number of benzene rings is 1. The molecule has 1 aromatic carbocycles. The number of aromatic nitrogens is 2. The van der Waals surface area contributed by atoms with E-state index < -0.39 is 0 Å². The number of rotatable bonds is 5. The van der Waals surface area contributed by atoms with Crippen molar-refractivity contribution < 1.29 is 4.74 Å². The second-order valence-corrected chi connectivity index (χ2v) is 4.38. The molecule has 0 aliphatic heterocycles. The van der Waals surface area contributed by atoms with Crippen molar-refractivity contribution in [3.05, 3.63) is 47.4 Å². The van der Waals surface area contributed by atoms with E-state index in [1.54, 1.807) is 6.07 Å². The fourth-order valence-corrected chi connectivity index (χ4v) is 1.86. The van der Waals surface area contributed by atoms with Crippen LogP contribution in [0.1, 0.15) is 12.7 Å². The molecule has 0 unspecified atom stereocenters. The highest BCUT2D eigenvalue weighted by Gasteiger charge is 2.09. The van der Waals surface area contributed by atoms with Crippen molar-refractivity contribution in [3.63, 3.8) is 0 Å².